The average molecular weight is 116 g/mol. The highest BCUT2D eigenvalue weighted by Crippen LogP contribution is 2.11. The molecule has 0 atom stereocenters. The molecule has 0 amide bonds. The molecule has 0 saturated heterocycles. The van der Waals surface area contributed by atoms with Crippen LogP contribution in [0, 0.1) is 5.38 Å². The molecule has 1 radical (unpaired) electrons. The van der Waals surface area contributed by atoms with E-state index in [0.29, 0.717) is 0 Å². The van der Waals surface area contributed by atoms with E-state index in [2.05, 4.69) is 13.2 Å². The quantitative estimate of drug-likeness (QED) is 0.496. The van der Waals surface area contributed by atoms with E-state index >= 15 is 0 Å². The summed E-state index contributed by atoms with van der Waals surface area (Å²) < 4.78 is 0. The van der Waals surface area contributed by atoms with E-state index in [9.17, 15) is 0 Å². The minimum atomic E-state index is 0.727. The van der Waals surface area contributed by atoms with E-state index < -0.39 is 0 Å². The first-order valence-electron chi connectivity index (χ1n) is 2.06. The molecule has 0 aromatic carbocycles. The molecule has 0 nitrogen and oxygen atoms in total. The van der Waals surface area contributed by atoms with Crippen molar-refractivity contribution in [3.05, 3.63) is 30.7 Å². The van der Waals surface area contributed by atoms with E-state index in [1.54, 1.807) is 12.2 Å². The van der Waals surface area contributed by atoms with E-state index in [0.717, 1.165) is 11.8 Å². The second-order valence-electron chi connectivity index (χ2n) is 1.14. The molecule has 0 saturated carbocycles. The number of halogens is 1. The minimum absolute atomic E-state index is 0.727. The first kappa shape index (κ1) is 6.77. The summed E-state index contributed by atoms with van der Waals surface area (Å²) in [4.78, 5) is 0. The van der Waals surface area contributed by atoms with Crippen LogP contribution in [-0.2, 0) is 0 Å². The lowest BCUT2D eigenvalue weighted by molar-refractivity contribution is 1.24. The molecule has 0 aromatic rings. The van der Waals surface area contributed by atoms with Crippen LogP contribution in [0.1, 0.15) is 6.42 Å². The zero-order chi connectivity index (χ0) is 5.70. The molecule has 0 aliphatic heterocycles. The SMILES string of the molecule is C=CC[C](Cl)C=C. The van der Waals surface area contributed by atoms with Crippen molar-refractivity contribution in [1.29, 1.82) is 0 Å². The molecule has 0 N–H and O–H groups in total. The summed E-state index contributed by atoms with van der Waals surface area (Å²) in [6.45, 7) is 6.96. The normalized spacial score (nSPS) is 8.86. The van der Waals surface area contributed by atoms with Gasteiger partial charge < -0.3 is 0 Å². The third kappa shape index (κ3) is 3.60. The van der Waals surface area contributed by atoms with Crippen molar-refractivity contribution in [1.82, 2.24) is 0 Å². The van der Waals surface area contributed by atoms with Gasteiger partial charge in [0.2, 0.25) is 0 Å². The molecule has 0 heterocycles. The van der Waals surface area contributed by atoms with Crippen molar-refractivity contribution in [2.45, 2.75) is 6.42 Å². The molecular weight excluding hydrogens is 108 g/mol. The van der Waals surface area contributed by atoms with Gasteiger partial charge in [0.1, 0.15) is 0 Å². The highest BCUT2D eigenvalue weighted by Gasteiger charge is 1.91. The summed E-state index contributed by atoms with van der Waals surface area (Å²) in [6, 6.07) is 0. The summed E-state index contributed by atoms with van der Waals surface area (Å²) in [6.07, 6.45) is 4.08. The first-order valence-corrected chi connectivity index (χ1v) is 2.43. The van der Waals surface area contributed by atoms with Gasteiger partial charge in [-0.15, -0.1) is 24.8 Å². The maximum absolute atomic E-state index is 5.49. The smallest absolute Gasteiger partial charge is 0.0886 e. The summed E-state index contributed by atoms with van der Waals surface area (Å²) in [5, 5.41) is 0.745. The summed E-state index contributed by atoms with van der Waals surface area (Å²) in [5.41, 5.74) is 0. The molecule has 0 aliphatic carbocycles. The second-order valence-corrected chi connectivity index (χ2v) is 1.63. The van der Waals surface area contributed by atoms with Crippen molar-refractivity contribution in [3.8, 4) is 0 Å². The molecule has 1 heteroatoms. The van der Waals surface area contributed by atoms with Gasteiger partial charge in [-0.1, -0.05) is 12.2 Å². The van der Waals surface area contributed by atoms with Crippen molar-refractivity contribution < 1.29 is 0 Å². The highest BCUT2D eigenvalue weighted by molar-refractivity contribution is 6.28. The van der Waals surface area contributed by atoms with Crippen LogP contribution in [0.4, 0.5) is 0 Å². The van der Waals surface area contributed by atoms with Crippen LogP contribution < -0.4 is 0 Å². The molecule has 0 rings (SSSR count). The molecule has 0 aliphatic rings. The lowest BCUT2D eigenvalue weighted by Gasteiger charge is -1.91. The number of allylic oxidation sites excluding steroid dienone is 2. The Balaban J connectivity index is 3.15. The Labute approximate surface area is 49.5 Å². The van der Waals surface area contributed by atoms with Crippen LogP contribution >= 0.6 is 11.6 Å². The zero-order valence-electron chi connectivity index (χ0n) is 4.15. The number of rotatable bonds is 3. The Bertz CT molecular complexity index is 66.6. The van der Waals surface area contributed by atoms with Crippen LogP contribution in [0.2, 0.25) is 0 Å². The summed E-state index contributed by atoms with van der Waals surface area (Å²) >= 11 is 5.49. The summed E-state index contributed by atoms with van der Waals surface area (Å²) in [5.74, 6) is 0. The first-order chi connectivity index (χ1) is 3.31. The third-order valence-corrected chi connectivity index (χ3v) is 0.869. The lowest BCUT2D eigenvalue weighted by atomic mass is 10.3. The topological polar surface area (TPSA) is 0 Å². The number of hydrogen-bond donors (Lipinski definition) is 0. The Hall–Kier alpha value is -0.230. The zero-order valence-corrected chi connectivity index (χ0v) is 4.91. The lowest BCUT2D eigenvalue weighted by Crippen LogP contribution is -1.74. The highest BCUT2D eigenvalue weighted by atomic mass is 35.5. The van der Waals surface area contributed by atoms with Gasteiger partial charge in [0.15, 0.2) is 0 Å². The predicted molar refractivity (Wildman–Crippen MR) is 34.1 cm³/mol. The van der Waals surface area contributed by atoms with Crippen LogP contribution in [0.3, 0.4) is 0 Å². The third-order valence-electron chi connectivity index (χ3n) is 0.561. The van der Waals surface area contributed by atoms with Gasteiger partial charge in [-0.2, -0.15) is 0 Å². The standard InChI is InChI=1S/C6H8Cl/c1-3-5-6(7)4-2/h3-4H,1-2,5H2. The average Bonchev–Trinajstić information content (AvgIpc) is 1.68. The molecule has 7 heavy (non-hydrogen) atoms. The van der Waals surface area contributed by atoms with Crippen LogP contribution in [-0.4, -0.2) is 0 Å². The Morgan fingerprint density at radius 3 is 2.29 bits per heavy atom. The van der Waals surface area contributed by atoms with Crippen LogP contribution in [0.15, 0.2) is 25.3 Å². The van der Waals surface area contributed by atoms with Gasteiger partial charge in [0.25, 0.3) is 0 Å². The Morgan fingerprint density at radius 2 is 2.14 bits per heavy atom. The minimum Gasteiger partial charge on any atom is -0.112 e. The van der Waals surface area contributed by atoms with Gasteiger partial charge in [0, 0.05) is 0 Å². The van der Waals surface area contributed by atoms with Gasteiger partial charge >= 0.3 is 0 Å². The van der Waals surface area contributed by atoms with E-state index in [4.69, 9.17) is 11.6 Å². The fourth-order valence-corrected chi connectivity index (χ4v) is 0.330. The number of hydrogen-bond acceptors (Lipinski definition) is 0. The second kappa shape index (κ2) is 3.94. The van der Waals surface area contributed by atoms with E-state index in [-0.39, 0.29) is 0 Å². The van der Waals surface area contributed by atoms with E-state index in [1.807, 2.05) is 0 Å². The van der Waals surface area contributed by atoms with Crippen molar-refractivity contribution >= 4 is 11.6 Å². The molecule has 0 bridgehead atoms. The Kier molecular flexibility index (Phi) is 3.81. The predicted octanol–water partition coefficient (Wildman–Crippen LogP) is 2.52. The monoisotopic (exact) mass is 115 g/mol. The molecule has 0 aromatic heterocycles. The molecular formula is C6H8Cl. The molecule has 0 unspecified atom stereocenters. The van der Waals surface area contributed by atoms with Crippen molar-refractivity contribution in [2.75, 3.05) is 0 Å². The van der Waals surface area contributed by atoms with Crippen LogP contribution in [0.5, 0.6) is 0 Å². The van der Waals surface area contributed by atoms with Crippen LogP contribution in [0.25, 0.3) is 0 Å². The van der Waals surface area contributed by atoms with Gasteiger partial charge in [0.05, 0.1) is 5.38 Å². The fourth-order valence-electron chi connectivity index (χ4n) is 0.221. The van der Waals surface area contributed by atoms with Crippen molar-refractivity contribution in [3.63, 3.8) is 0 Å². The molecule has 0 spiro atoms. The maximum atomic E-state index is 5.49. The Morgan fingerprint density at radius 1 is 1.57 bits per heavy atom. The maximum Gasteiger partial charge on any atom is 0.0886 e. The van der Waals surface area contributed by atoms with Gasteiger partial charge in [-0.3, -0.25) is 0 Å². The molecule has 39 valence electrons. The largest absolute Gasteiger partial charge is 0.112 e. The van der Waals surface area contributed by atoms with Gasteiger partial charge in [-0.25, -0.2) is 0 Å². The summed E-state index contributed by atoms with van der Waals surface area (Å²) in [7, 11) is 0. The van der Waals surface area contributed by atoms with Gasteiger partial charge in [-0.05, 0) is 6.42 Å². The molecule has 0 fully saturated rings. The van der Waals surface area contributed by atoms with E-state index in [1.165, 1.54) is 0 Å². The van der Waals surface area contributed by atoms with Crippen molar-refractivity contribution in [2.24, 2.45) is 0 Å². The fraction of sp³-hybridized carbons (Fsp3) is 0.167.